The van der Waals surface area contributed by atoms with Gasteiger partial charge in [0.1, 0.15) is 5.54 Å². The molecule has 6 heteroatoms. The van der Waals surface area contributed by atoms with Gasteiger partial charge in [0, 0.05) is 10.2 Å². The van der Waals surface area contributed by atoms with Crippen molar-refractivity contribution in [3.8, 4) is 0 Å². The Labute approximate surface area is 97.1 Å². The molecule has 2 N–H and O–H groups in total. The van der Waals surface area contributed by atoms with Crippen molar-refractivity contribution >= 4 is 17.6 Å². The van der Waals surface area contributed by atoms with E-state index in [0.29, 0.717) is 5.69 Å². The van der Waals surface area contributed by atoms with Crippen molar-refractivity contribution in [3.05, 3.63) is 29.8 Å². The Hall–Kier alpha value is -2.11. The fourth-order valence-corrected chi connectivity index (χ4v) is 1.15. The second-order valence-electron chi connectivity index (χ2n) is 4.00. The number of carbonyl (C=O) groups excluding carboxylic acids is 1. The largest absolute Gasteiger partial charge is 0.480 e. The minimum Gasteiger partial charge on any atom is -0.480 e. The lowest BCUT2D eigenvalue weighted by Crippen LogP contribution is -2.39. The molecule has 5 nitrogen and oxygen atoms in total. The third-order valence-corrected chi connectivity index (χ3v) is 2.18. The van der Waals surface area contributed by atoms with Crippen molar-refractivity contribution in [2.75, 3.05) is 5.32 Å². The van der Waals surface area contributed by atoms with Crippen LogP contribution in [-0.2, 0) is 9.74 Å². The number of carboxylic acids is 1. The third-order valence-electron chi connectivity index (χ3n) is 2.18. The normalized spacial score (nSPS) is 10.8. The average molecular weight is 241 g/mol. The van der Waals surface area contributed by atoms with Gasteiger partial charge in [-0.3, -0.25) is 0 Å². The predicted molar refractivity (Wildman–Crippen MR) is 58.3 cm³/mol. The smallest absolute Gasteiger partial charge is 0.379 e. The van der Waals surface area contributed by atoms with E-state index in [2.05, 4.69) is 10.3 Å². The molecule has 0 heterocycles. The molecule has 0 fully saturated rings. The van der Waals surface area contributed by atoms with Crippen LogP contribution in [0.15, 0.2) is 24.3 Å². The van der Waals surface area contributed by atoms with Gasteiger partial charge in [0.15, 0.2) is 0 Å². The van der Waals surface area contributed by atoms with Crippen LogP contribution in [-0.4, -0.2) is 22.6 Å². The SMILES string of the molecule is CC(C)(Nc1ccc(C(=O)OF)cc1)C(=O)O. The number of nitrogens with one attached hydrogen (secondary N) is 1. The highest BCUT2D eigenvalue weighted by molar-refractivity contribution is 5.89. The van der Waals surface area contributed by atoms with E-state index in [1.54, 1.807) is 0 Å². The number of aliphatic carboxylic acids is 1. The maximum Gasteiger partial charge on any atom is 0.379 e. The van der Waals surface area contributed by atoms with Crippen LogP contribution < -0.4 is 5.32 Å². The zero-order chi connectivity index (χ0) is 13.1. The first-order chi connectivity index (χ1) is 7.86. The van der Waals surface area contributed by atoms with Crippen LogP contribution in [0.25, 0.3) is 0 Å². The van der Waals surface area contributed by atoms with Crippen LogP contribution >= 0.6 is 0 Å². The topological polar surface area (TPSA) is 75.6 Å². The highest BCUT2D eigenvalue weighted by Crippen LogP contribution is 2.16. The Bertz CT molecular complexity index is 428. The average Bonchev–Trinajstić information content (AvgIpc) is 2.28. The summed E-state index contributed by atoms with van der Waals surface area (Å²) >= 11 is 0. The Balaban J connectivity index is 2.82. The number of hydrogen-bond acceptors (Lipinski definition) is 4. The number of halogens is 1. The molecular weight excluding hydrogens is 229 g/mol. The maximum atomic E-state index is 11.6. The lowest BCUT2D eigenvalue weighted by Gasteiger charge is -2.22. The molecular formula is C11H12FNO4. The Morgan fingerprint density at radius 1 is 1.29 bits per heavy atom. The van der Waals surface area contributed by atoms with Gasteiger partial charge in [-0.25, -0.2) is 14.5 Å². The van der Waals surface area contributed by atoms with Gasteiger partial charge >= 0.3 is 11.9 Å². The van der Waals surface area contributed by atoms with Gasteiger partial charge in [0.25, 0.3) is 0 Å². The summed E-state index contributed by atoms with van der Waals surface area (Å²) in [6.07, 6.45) is 0. The third kappa shape index (κ3) is 3.17. The van der Waals surface area contributed by atoms with E-state index in [-0.39, 0.29) is 5.56 Å². The number of benzene rings is 1. The number of carboxylic acid groups (broad SMARTS) is 1. The lowest BCUT2D eigenvalue weighted by atomic mass is 10.1. The summed E-state index contributed by atoms with van der Waals surface area (Å²) in [5, 5.41) is 11.7. The number of rotatable bonds is 4. The van der Waals surface area contributed by atoms with Gasteiger partial charge in [0.2, 0.25) is 0 Å². The van der Waals surface area contributed by atoms with E-state index in [1.807, 2.05) is 0 Å². The first-order valence-corrected chi connectivity index (χ1v) is 4.81. The molecule has 0 atom stereocenters. The summed E-state index contributed by atoms with van der Waals surface area (Å²) in [6.45, 7) is 3.00. The molecule has 0 aliphatic rings. The van der Waals surface area contributed by atoms with Crippen LogP contribution in [0.1, 0.15) is 24.2 Å². The molecule has 0 spiro atoms. The zero-order valence-corrected chi connectivity index (χ0v) is 9.36. The van der Waals surface area contributed by atoms with Crippen LogP contribution in [0, 0.1) is 0 Å². The Kier molecular flexibility index (Phi) is 3.67. The predicted octanol–water partition coefficient (Wildman–Crippen LogP) is 2.00. The second kappa shape index (κ2) is 4.82. The fraction of sp³-hybridized carbons (Fsp3) is 0.273. The molecule has 17 heavy (non-hydrogen) atoms. The molecule has 0 aromatic heterocycles. The maximum absolute atomic E-state index is 11.6. The molecule has 0 amide bonds. The van der Waals surface area contributed by atoms with E-state index in [4.69, 9.17) is 5.11 Å². The molecule has 0 aliphatic heterocycles. The summed E-state index contributed by atoms with van der Waals surface area (Å²) in [6, 6.07) is 5.61. The molecule has 1 aromatic carbocycles. The highest BCUT2D eigenvalue weighted by atomic mass is 19.3. The number of anilines is 1. The number of hydrogen-bond donors (Lipinski definition) is 2. The van der Waals surface area contributed by atoms with E-state index in [1.165, 1.54) is 38.1 Å². The molecule has 92 valence electrons. The monoisotopic (exact) mass is 241 g/mol. The van der Waals surface area contributed by atoms with Crippen LogP contribution in [0.4, 0.5) is 10.2 Å². The van der Waals surface area contributed by atoms with Gasteiger partial charge in [-0.15, -0.1) is 0 Å². The van der Waals surface area contributed by atoms with Crippen LogP contribution in [0.2, 0.25) is 0 Å². The van der Waals surface area contributed by atoms with Crippen molar-refractivity contribution in [2.45, 2.75) is 19.4 Å². The molecule has 0 radical (unpaired) electrons. The molecule has 0 aliphatic carbocycles. The summed E-state index contributed by atoms with van der Waals surface area (Å²) in [7, 11) is 0. The van der Waals surface area contributed by atoms with Gasteiger partial charge in [-0.05, 0) is 38.1 Å². The quantitative estimate of drug-likeness (QED) is 0.843. The van der Waals surface area contributed by atoms with Gasteiger partial charge < -0.3 is 10.4 Å². The van der Waals surface area contributed by atoms with Crippen molar-refractivity contribution in [1.82, 2.24) is 0 Å². The molecule has 0 saturated carbocycles. The van der Waals surface area contributed by atoms with Crippen molar-refractivity contribution in [2.24, 2.45) is 0 Å². The lowest BCUT2D eigenvalue weighted by molar-refractivity contribution is -0.141. The molecule has 1 rings (SSSR count). The van der Waals surface area contributed by atoms with Gasteiger partial charge in [-0.2, -0.15) is 0 Å². The summed E-state index contributed by atoms with van der Waals surface area (Å²) in [5.74, 6) is -2.10. The molecule has 0 unspecified atom stereocenters. The summed E-state index contributed by atoms with van der Waals surface area (Å²) in [5.41, 5.74) is -0.582. The van der Waals surface area contributed by atoms with E-state index >= 15 is 0 Å². The molecule has 0 saturated heterocycles. The van der Waals surface area contributed by atoms with Crippen molar-refractivity contribution in [3.63, 3.8) is 0 Å². The number of carbonyl (C=O) groups is 2. The molecule has 0 bridgehead atoms. The van der Waals surface area contributed by atoms with Crippen LogP contribution in [0.5, 0.6) is 0 Å². The molecule has 1 aromatic rings. The summed E-state index contributed by atoms with van der Waals surface area (Å²) in [4.78, 5) is 24.7. The van der Waals surface area contributed by atoms with Crippen molar-refractivity contribution in [1.29, 1.82) is 0 Å². The van der Waals surface area contributed by atoms with Crippen LogP contribution in [0.3, 0.4) is 0 Å². The van der Waals surface area contributed by atoms with Gasteiger partial charge in [0.05, 0.1) is 5.56 Å². The minimum atomic E-state index is -1.14. The highest BCUT2D eigenvalue weighted by Gasteiger charge is 2.26. The zero-order valence-electron chi connectivity index (χ0n) is 9.36. The Morgan fingerprint density at radius 3 is 2.24 bits per heavy atom. The minimum absolute atomic E-state index is 0.0474. The van der Waals surface area contributed by atoms with Gasteiger partial charge in [-0.1, -0.05) is 0 Å². The first kappa shape index (κ1) is 13.0. The second-order valence-corrected chi connectivity index (χ2v) is 4.00. The standard InChI is InChI=1S/C11H12FNO4/c1-11(2,10(15)16)13-8-5-3-7(4-6-8)9(14)17-12/h3-6,13H,1-2H3,(H,15,16). The summed E-state index contributed by atoms with van der Waals surface area (Å²) < 4.78 is 11.6. The van der Waals surface area contributed by atoms with Crippen molar-refractivity contribution < 1.29 is 24.2 Å². The van der Waals surface area contributed by atoms with E-state index in [9.17, 15) is 14.1 Å². The van der Waals surface area contributed by atoms with E-state index in [0.717, 1.165) is 0 Å². The Morgan fingerprint density at radius 2 is 1.82 bits per heavy atom. The fourth-order valence-electron chi connectivity index (χ4n) is 1.15. The first-order valence-electron chi connectivity index (χ1n) is 4.81. The van der Waals surface area contributed by atoms with E-state index < -0.39 is 17.5 Å².